The van der Waals surface area contributed by atoms with Crippen molar-refractivity contribution in [3.63, 3.8) is 0 Å². The molecule has 1 aromatic carbocycles. The highest BCUT2D eigenvalue weighted by molar-refractivity contribution is 6.30. The van der Waals surface area contributed by atoms with Crippen LogP contribution in [0.2, 0.25) is 5.02 Å². The van der Waals surface area contributed by atoms with Gasteiger partial charge in [-0.1, -0.05) is 17.2 Å². The van der Waals surface area contributed by atoms with Crippen molar-refractivity contribution in [3.05, 3.63) is 34.4 Å². The van der Waals surface area contributed by atoms with Gasteiger partial charge in [0.25, 0.3) is 0 Å². The molecule has 2 N–H and O–H groups in total. The lowest BCUT2D eigenvalue weighted by atomic mass is 10.1. The molecule has 1 aromatic rings. The second-order valence-corrected chi connectivity index (χ2v) is 4.66. The van der Waals surface area contributed by atoms with Crippen LogP contribution < -0.4 is 15.2 Å². The van der Waals surface area contributed by atoms with E-state index >= 15 is 0 Å². The Morgan fingerprint density at radius 1 is 1.39 bits per heavy atom. The zero-order valence-corrected chi connectivity index (χ0v) is 11.9. The van der Waals surface area contributed by atoms with Crippen molar-refractivity contribution in [2.75, 3.05) is 20.3 Å². The summed E-state index contributed by atoms with van der Waals surface area (Å²) in [5.41, 5.74) is 7.78. The highest BCUT2D eigenvalue weighted by Crippen LogP contribution is 2.35. The third kappa shape index (κ3) is 4.24. The van der Waals surface area contributed by atoms with Gasteiger partial charge < -0.3 is 15.2 Å². The molecule has 0 saturated carbocycles. The topological polar surface area (TPSA) is 44.5 Å². The van der Waals surface area contributed by atoms with Crippen LogP contribution >= 0.6 is 11.6 Å². The second-order valence-electron chi connectivity index (χ2n) is 4.23. The molecule has 0 aliphatic rings. The third-order valence-corrected chi connectivity index (χ3v) is 2.67. The molecule has 0 saturated heterocycles. The van der Waals surface area contributed by atoms with Crippen LogP contribution in [0.15, 0.2) is 23.8 Å². The second kappa shape index (κ2) is 7.29. The zero-order chi connectivity index (χ0) is 13.5. The summed E-state index contributed by atoms with van der Waals surface area (Å²) in [6.45, 7) is 5.12. The molecule has 3 nitrogen and oxygen atoms in total. The van der Waals surface area contributed by atoms with E-state index in [0.29, 0.717) is 30.3 Å². The number of halogens is 1. The number of methoxy groups -OCH3 is 1. The predicted octanol–water partition coefficient (Wildman–Crippen LogP) is 3.19. The summed E-state index contributed by atoms with van der Waals surface area (Å²) >= 11 is 6.03. The first-order valence-electron chi connectivity index (χ1n) is 5.91. The molecule has 0 bridgehead atoms. The number of nitrogens with two attached hydrogens (primary N) is 1. The molecular formula is C14H20ClNO2. The standard InChI is InChI=1S/C14H20ClNO2/c1-10(2)5-7-18-14-11(4-6-16)8-12(15)9-13(14)17-3/h5,8-9H,4,6-7,16H2,1-3H3. The fraction of sp³-hybridized carbons (Fsp3) is 0.429. The van der Waals surface area contributed by atoms with Gasteiger partial charge in [-0.05, 0) is 39.0 Å². The smallest absolute Gasteiger partial charge is 0.164 e. The van der Waals surface area contributed by atoms with Crippen LogP contribution in [-0.4, -0.2) is 20.3 Å². The minimum absolute atomic E-state index is 0.512. The summed E-state index contributed by atoms with van der Waals surface area (Å²) in [6.07, 6.45) is 2.72. The Kier molecular flexibility index (Phi) is 6.02. The SMILES string of the molecule is COc1cc(Cl)cc(CCN)c1OCC=C(C)C. The molecule has 0 spiro atoms. The molecule has 0 aromatic heterocycles. The summed E-state index contributed by atoms with van der Waals surface area (Å²) in [4.78, 5) is 0. The van der Waals surface area contributed by atoms with E-state index in [4.69, 9.17) is 26.8 Å². The number of hydrogen-bond acceptors (Lipinski definition) is 3. The lowest BCUT2D eigenvalue weighted by Gasteiger charge is -2.14. The number of rotatable bonds is 6. The Morgan fingerprint density at radius 2 is 2.11 bits per heavy atom. The van der Waals surface area contributed by atoms with E-state index in [1.165, 1.54) is 5.57 Å². The molecule has 0 aliphatic heterocycles. The van der Waals surface area contributed by atoms with Gasteiger partial charge in [-0.25, -0.2) is 0 Å². The molecule has 0 unspecified atom stereocenters. The van der Waals surface area contributed by atoms with Crippen molar-refractivity contribution in [3.8, 4) is 11.5 Å². The van der Waals surface area contributed by atoms with E-state index < -0.39 is 0 Å². The van der Waals surface area contributed by atoms with Gasteiger partial charge in [0, 0.05) is 16.7 Å². The van der Waals surface area contributed by atoms with Crippen LogP contribution in [0, 0.1) is 0 Å². The van der Waals surface area contributed by atoms with Gasteiger partial charge in [0.2, 0.25) is 0 Å². The minimum atomic E-state index is 0.512. The van der Waals surface area contributed by atoms with Gasteiger partial charge in [0.1, 0.15) is 6.61 Å². The Balaban J connectivity index is 3.00. The highest BCUT2D eigenvalue weighted by Gasteiger charge is 2.12. The Morgan fingerprint density at radius 3 is 2.67 bits per heavy atom. The highest BCUT2D eigenvalue weighted by atomic mass is 35.5. The lowest BCUT2D eigenvalue weighted by molar-refractivity contribution is 0.322. The van der Waals surface area contributed by atoms with Crippen LogP contribution in [0.1, 0.15) is 19.4 Å². The van der Waals surface area contributed by atoms with Crippen molar-refractivity contribution in [1.29, 1.82) is 0 Å². The molecule has 0 amide bonds. The molecule has 4 heteroatoms. The number of benzene rings is 1. The average Bonchev–Trinajstić information content (AvgIpc) is 2.31. The van der Waals surface area contributed by atoms with Crippen molar-refractivity contribution in [2.45, 2.75) is 20.3 Å². The van der Waals surface area contributed by atoms with Crippen molar-refractivity contribution >= 4 is 11.6 Å². The van der Waals surface area contributed by atoms with Crippen LogP contribution in [0.3, 0.4) is 0 Å². The summed E-state index contributed by atoms with van der Waals surface area (Å²) in [6, 6.07) is 3.62. The van der Waals surface area contributed by atoms with Crippen molar-refractivity contribution < 1.29 is 9.47 Å². The first-order chi connectivity index (χ1) is 8.58. The third-order valence-electron chi connectivity index (χ3n) is 2.45. The minimum Gasteiger partial charge on any atom is -0.493 e. The Labute approximate surface area is 114 Å². The van der Waals surface area contributed by atoms with E-state index in [1.807, 2.05) is 26.0 Å². The van der Waals surface area contributed by atoms with E-state index in [-0.39, 0.29) is 0 Å². The van der Waals surface area contributed by atoms with E-state index in [2.05, 4.69) is 0 Å². The number of allylic oxidation sites excluding steroid dienone is 1. The molecule has 0 atom stereocenters. The maximum atomic E-state index is 6.03. The average molecular weight is 270 g/mol. The summed E-state index contributed by atoms with van der Waals surface area (Å²) in [7, 11) is 1.60. The van der Waals surface area contributed by atoms with Crippen LogP contribution in [0.5, 0.6) is 11.5 Å². The maximum Gasteiger partial charge on any atom is 0.164 e. The molecule has 18 heavy (non-hydrogen) atoms. The molecule has 1 rings (SSSR count). The number of hydrogen-bond donors (Lipinski definition) is 1. The molecular weight excluding hydrogens is 250 g/mol. The fourth-order valence-corrected chi connectivity index (χ4v) is 1.80. The first kappa shape index (κ1) is 14.9. The van der Waals surface area contributed by atoms with Gasteiger partial charge in [0.05, 0.1) is 7.11 Å². The zero-order valence-electron chi connectivity index (χ0n) is 11.1. The van der Waals surface area contributed by atoms with E-state index in [1.54, 1.807) is 13.2 Å². The number of ether oxygens (including phenoxy) is 2. The fourth-order valence-electron chi connectivity index (χ4n) is 1.57. The van der Waals surface area contributed by atoms with E-state index in [0.717, 1.165) is 11.3 Å². The Bertz CT molecular complexity index is 426. The van der Waals surface area contributed by atoms with Crippen LogP contribution in [-0.2, 0) is 6.42 Å². The molecule has 100 valence electrons. The molecule has 0 fully saturated rings. The monoisotopic (exact) mass is 269 g/mol. The summed E-state index contributed by atoms with van der Waals surface area (Å²) in [5.74, 6) is 1.37. The maximum absolute atomic E-state index is 6.03. The molecule has 0 radical (unpaired) electrons. The Hall–Kier alpha value is -1.19. The van der Waals surface area contributed by atoms with Gasteiger partial charge >= 0.3 is 0 Å². The predicted molar refractivity (Wildman–Crippen MR) is 75.7 cm³/mol. The quantitative estimate of drug-likeness (QED) is 0.807. The largest absolute Gasteiger partial charge is 0.493 e. The van der Waals surface area contributed by atoms with Crippen LogP contribution in [0.4, 0.5) is 0 Å². The lowest BCUT2D eigenvalue weighted by Crippen LogP contribution is -2.07. The van der Waals surface area contributed by atoms with Gasteiger partial charge in [0.15, 0.2) is 11.5 Å². The normalized spacial score (nSPS) is 10.1. The first-order valence-corrected chi connectivity index (χ1v) is 6.29. The summed E-state index contributed by atoms with van der Waals surface area (Å²) in [5, 5.41) is 0.630. The molecule has 0 aliphatic carbocycles. The summed E-state index contributed by atoms with van der Waals surface area (Å²) < 4.78 is 11.1. The van der Waals surface area contributed by atoms with Gasteiger partial charge in [-0.2, -0.15) is 0 Å². The van der Waals surface area contributed by atoms with Gasteiger partial charge in [-0.15, -0.1) is 0 Å². The van der Waals surface area contributed by atoms with E-state index in [9.17, 15) is 0 Å². The molecule has 0 heterocycles. The van der Waals surface area contributed by atoms with Crippen LogP contribution in [0.25, 0.3) is 0 Å². The van der Waals surface area contributed by atoms with Crippen molar-refractivity contribution in [2.24, 2.45) is 5.73 Å². The van der Waals surface area contributed by atoms with Gasteiger partial charge in [-0.3, -0.25) is 0 Å². The van der Waals surface area contributed by atoms with Crippen molar-refractivity contribution in [1.82, 2.24) is 0 Å².